The molecule has 0 bridgehead atoms. The standard InChI is InChI=1S/C11H11ClN2O2S/c1-8(2)7-14-17(15,16)11-5-9(6-13)3-4-10(11)12/h3-5,14H,1,7H2,2H3. The summed E-state index contributed by atoms with van der Waals surface area (Å²) in [5.74, 6) is 0. The third kappa shape index (κ3) is 3.56. The van der Waals surface area contributed by atoms with Crippen LogP contribution in [-0.2, 0) is 10.0 Å². The Balaban J connectivity index is 3.15. The lowest BCUT2D eigenvalue weighted by Crippen LogP contribution is -2.25. The molecule has 1 rings (SSSR count). The molecule has 0 heterocycles. The van der Waals surface area contributed by atoms with Gasteiger partial charge in [-0.1, -0.05) is 23.8 Å². The van der Waals surface area contributed by atoms with Crippen molar-refractivity contribution in [1.82, 2.24) is 4.72 Å². The Bertz CT molecular complexity index is 588. The molecule has 0 saturated carbocycles. The summed E-state index contributed by atoms with van der Waals surface area (Å²) in [6.07, 6.45) is 0. The van der Waals surface area contributed by atoms with Crippen molar-refractivity contribution in [2.24, 2.45) is 0 Å². The molecule has 0 aliphatic heterocycles. The average Bonchev–Trinajstić information content (AvgIpc) is 2.27. The van der Waals surface area contributed by atoms with Crippen LogP contribution in [0.5, 0.6) is 0 Å². The first-order chi connectivity index (χ1) is 7.86. The molecule has 0 fully saturated rings. The Morgan fingerprint density at radius 1 is 1.59 bits per heavy atom. The quantitative estimate of drug-likeness (QED) is 0.852. The fourth-order valence-electron chi connectivity index (χ4n) is 1.07. The fourth-order valence-corrected chi connectivity index (χ4v) is 2.70. The second-order valence-electron chi connectivity index (χ2n) is 3.54. The Labute approximate surface area is 106 Å². The summed E-state index contributed by atoms with van der Waals surface area (Å²) in [5, 5.41) is 8.80. The van der Waals surface area contributed by atoms with E-state index in [9.17, 15) is 8.42 Å². The van der Waals surface area contributed by atoms with Crippen molar-refractivity contribution in [3.05, 3.63) is 40.9 Å². The number of nitriles is 1. The summed E-state index contributed by atoms with van der Waals surface area (Å²) >= 11 is 5.80. The molecular formula is C11H11ClN2O2S. The van der Waals surface area contributed by atoms with Gasteiger partial charge in [0.25, 0.3) is 0 Å². The van der Waals surface area contributed by atoms with Crippen LogP contribution < -0.4 is 4.72 Å². The van der Waals surface area contributed by atoms with Gasteiger partial charge in [0.2, 0.25) is 10.0 Å². The maximum atomic E-state index is 11.9. The molecule has 1 aromatic carbocycles. The Kier molecular flexibility index (Phi) is 4.29. The van der Waals surface area contributed by atoms with Crippen molar-refractivity contribution in [3.8, 4) is 6.07 Å². The summed E-state index contributed by atoms with van der Waals surface area (Å²) in [4.78, 5) is -0.0977. The third-order valence-electron chi connectivity index (χ3n) is 1.91. The zero-order valence-corrected chi connectivity index (χ0v) is 10.8. The first kappa shape index (κ1) is 13.7. The third-order valence-corrected chi connectivity index (χ3v) is 3.80. The van der Waals surface area contributed by atoms with Crippen molar-refractivity contribution >= 4 is 21.6 Å². The van der Waals surface area contributed by atoms with Gasteiger partial charge in [-0.25, -0.2) is 13.1 Å². The maximum absolute atomic E-state index is 11.9. The van der Waals surface area contributed by atoms with E-state index < -0.39 is 10.0 Å². The van der Waals surface area contributed by atoms with Gasteiger partial charge in [-0.3, -0.25) is 0 Å². The van der Waals surface area contributed by atoms with Gasteiger partial charge < -0.3 is 0 Å². The minimum Gasteiger partial charge on any atom is -0.207 e. The molecule has 0 aromatic heterocycles. The number of halogens is 1. The molecule has 0 amide bonds. The first-order valence-corrected chi connectivity index (χ1v) is 6.56. The minimum absolute atomic E-state index is 0.0817. The predicted molar refractivity (Wildman–Crippen MR) is 66.2 cm³/mol. The summed E-state index contributed by atoms with van der Waals surface area (Å²) in [5.41, 5.74) is 0.922. The van der Waals surface area contributed by atoms with Crippen molar-refractivity contribution in [2.75, 3.05) is 6.54 Å². The summed E-state index contributed by atoms with van der Waals surface area (Å²) < 4.78 is 26.1. The van der Waals surface area contributed by atoms with Crippen LogP contribution in [0, 0.1) is 11.3 Å². The van der Waals surface area contributed by atoms with E-state index >= 15 is 0 Å². The number of nitrogens with zero attached hydrogens (tertiary/aromatic N) is 1. The molecule has 0 spiro atoms. The van der Waals surface area contributed by atoms with Crippen LogP contribution in [0.4, 0.5) is 0 Å². The molecule has 6 heteroatoms. The van der Waals surface area contributed by atoms with Crippen LogP contribution in [0.15, 0.2) is 35.2 Å². The van der Waals surface area contributed by atoms with Crippen LogP contribution in [0.2, 0.25) is 5.02 Å². The van der Waals surface area contributed by atoms with E-state index in [0.717, 1.165) is 0 Å². The van der Waals surface area contributed by atoms with E-state index in [4.69, 9.17) is 16.9 Å². The fraction of sp³-hybridized carbons (Fsp3) is 0.182. The monoisotopic (exact) mass is 270 g/mol. The molecule has 17 heavy (non-hydrogen) atoms. The number of hydrogen-bond acceptors (Lipinski definition) is 3. The molecule has 0 radical (unpaired) electrons. The van der Waals surface area contributed by atoms with Gasteiger partial charge >= 0.3 is 0 Å². The second-order valence-corrected chi connectivity index (χ2v) is 5.68. The highest BCUT2D eigenvalue weighted by molar-refractivity contribution is 7.89. The normalized spacial score (nSPS) is 10.9. The number of rotatable bonds is 4. The molecule has 1 aromatic rings. The lowest BCUT2D eigenvalue weighted by atomic mass is 10.2. The molecule has 1 N–H and O–H groups in total. The largest absolute Gasteiger partial charge is 0.242 e. The molecule has 0 saturated heterocycles. The lowest BCUT2D eigenvalue weighted by molar-refractivity contribution is 0.584. The highest BCUT2D eigenvalue weighted by atomic mass is 35.5. The molecule has 4 nitrogen and oxygen atoms in total. The van der Waals surface area contributed by atoms with E-state index in [1.165, 1.54) is 18.2 Å². The SMILES string of the molecule is C=C(C)CNS(=O)(=O)c1cc(C#N)ccc1Cl. The van der Waals surface area contributed by atoms with Crippen molar-refractivity contribution in [2.45, 2.75) is 11.8 Å². The van der Waals surface area contributed by atoms with Gasteiger partial charge in [-0.2, -0.15) is 5.26 Å². The Hall–Kier alpha value is -1.35. The molecule has 90 valence electrons. The number of sulfonamides is 1. The summed E-state index contributed by atoms with van der Waals surface area (Å²) in [6.45, 7) is 5.43. The smallest absolute Gasteiger partial charge is 0.207 e. The predicted octanol–water partition coefficient (Wildman–Crippen LogP) is 2.07. The zero-order chi connectivity index (χ0) is 13.1. The van der Waals surface area contributed by atoms with Crippen molar-refractivity contribution < 1.29 is 8.42 Å². The number of nitrogens with one attached hydrogen (secondary N) is 1. The Morgan fingerprint density at radius 3 is 2.76 bits per heavy atom. The average molecular weight is 271 g/mol. The van der Waals surface area contributed by atoms with Crippen LogP contribution >= 0.6 is 11.6 Å². The van der Waals surface area contributed by atoms with Crippen LogP contribution in [0.1, 0.15) is 12.5 Å². The number of benzene rings is 1. The van der Waals surface area contributed by atoms with Crippen molar-refractivity contribution in [3.63, 3.8) is 0 Å². The van der Waals surface area contributed by atoms with E-state index in [-0.39, 0.29) is 22.0 Å². The maximum Gasteiger partial charge on any atom is 0.242 e. The Morgan fingerprint density at radius 2 is 2.24 bits per heavy atom. The van der Waals surface area contributed by atoms with Crippen LogP contribution in [-0.4, -0.2) is 15.0 Å². The van der Waals surface area contributed by atoms with Gasteiger partial charge in [0.15, 0.2) is 0 Å². The van der Waals surface area contributed by atoms with Crippen LogP contribution in [0.25, 0.3) is 0 Å². The molecular weight excluding hydrogens is 260 g/mol. The number of hydrogen-bond donors (Lipinski definition) is 1. The van der Waals surface area contributed by atoms with E-state index in [0.29, 0.717) is 5.57 Å². The van der Waals surface area contributed by atoms with E-state index in [1.807, 2.05) is 6.07 Å². The molecule has 0 atom stereocenters. The van der Waals surface area contributed by atoms with Gasteiger partial charge in [0.05, 0.1) is 16.7 Å². The van der Waals surface area contributed by atoms with Crippen molar-refractivity contribution in [1.29, 1.82) is 5.26 Å². The highest BCUT2D eigenvalue weighted by Gasteiger charge is 2.17. The van der Waals surface area contributed by atoms with E-state index in [2.05, 4.69) is 11.3 Å². The van der Waals surface area contributed by atoms with Crippen LogP contribution in [0.3, 0.4) is 0 Å². The second kappa shape index (κ2) is 5.32. The molecule has 0 aliphatic carbocycles. The lowest BCUT2D eigenvalue weighted by Gasteiger charge is -2.08. The highest BCUT2D eigenvalue weighted by Crippen LogP contribution is 2.22. The zero-order valence-electron chi connectivity index (χ0n) is 9.20. The summed E-state index contributed by atoms with van der Waals surface area (Å²) in [7, 11) is -3.71. The van der Waals surface area contributed by atoms with E-state index in [1.54, 1.807) is 6.92 Å². The minimum atomic E-state index is -3.71. The van der Waals surface area contributed by atoms with Gasteiger partial charge in [-0.15, -0.1) is 0 Å². The summed E-state index contributed by atoms with van der Waals surface area (Å²) in [6, 6.07) is 5.95. The van der Waals surface area contributed by atoms with Gasteiger partial charge in [-0.05, 0) is 25.1 Å². The molecule has 0 aliphatic rings. The van der Waals surface area contributed by atoms with Gasteiger partial charge in [0.1, 0.15) is 4.90 Å². The topological polar surface area (TPSA) is 70.0 Å². The molecule has 0 unspecified atom stereocenters. The first-order valence-electron chi connectivity index (χ1n) is 4.70. The van der Waals surface area contributed by atoms with Gasteiger partial charge in [0, 0.05) is 6.54 Å².